The number of rotatable bonds is 6. The third kappa shape index (κ3) is 4.08. The second-order valence-electron chi connectivity index (χ2n) is 5.13. The van der Waals surface area contributed by atoms with Crippen LogP contribution in [0.5, 0.6) is 0 Å². The van der Waals surface area contributed by atoms with E-state index < -0.39 is 0 Å². The normalized spacial score (nSPS) is 10.5. The van der Waals surface area contributed by atoms with Crippen molar-refractivity contribution in [2.24, 2.45) is 0 Å². The third-order valence-electron chi connectivity index (χ3n) is 3.62. The maximum Gasteiger partial charge on any atom is 0.155 e. The van der Waals surface area contributed by atoms with Gasteiger partial charge in [-0.25, -0.2) is 0 Å². The van der Waals surface area contributed by atoms with Crippen LogP contribution in [0.1, 0.15) is 17.5 Å². The van der Waals surface area contributed by atoms with E-state index >= 15 is 0 Å². The van der Waals surface area contributed by atoms with Gasteiger partial charge in [-0.05, 0) is 43.5 Å². The lowest BCUT2D eigenvalue weighted by Gasteiger charge is -2.19. The third-order valence-corrected chi connectivity index (χ3v) is 3.98. The number of aromatic nitrogens is 2. The highest BCUT2D eigenvalue weighted by Crippen LogP contribution is 2.20. The minimum atomic E-state index is 0.474. The highest BCUT2D eigenvalue weighted by atomic mass is 35.5. The van der Waals surface area contributed by atoms with Crippen molar-refractivity contribution < 1.29 is 0 Å². The Morgan fingerprint density at radius 1 is 1.10 bits per heavy atom. The van der Waals surface area contributed by atoms with Gasteiger partial charge in [-0.1, -0.05) is 29.8 Å². The summed E-state index contributed by atoms with van der Waals surface area (Å²) in [6.45, 7) is 5.80. The molecule has 0 bridgehead atoms. The molecule has 0 saturated heterocycles. The highest BCUT2D eigenvalue weighted by Gasteiger charge is 2.07. The van der Waals surface area contributed by atoms with Crippen molar-refractivity contribution in [3.8, 4) is 0 Å². The van der Waals surface area contributed by atoms with Gasteiger partial charge < -0.3 is 10.2 Å². The zero-order valence-corrected chi connectivity index (χ0v) is 13.5. The van der Waals surface area contributed by atoms with Crippen molar-refractivity contribution in [3.63, 3.8) is 0 Å². The quantitative estimate of drug-likeness (QED) is 0.827. The van der Waals surface area contributed by atoms with E-state index in [9.17, 15) is 0 Å². The van der Waals surface area contributed by atoms with Gasteiger partial charge in [0.15, 0.2) is 11.0 Å². The van der Waals surface area contributed by atoms with Gasteiger partial charge in [0, 0.05) is 25.8 Å². The molecule has 21 heavy (non-hydrogen) atoms. The number of hydrogen-bond donors (Lipinski definition) is 1. The van der Waals surface area contributed by atoms with Crippen LogP contribution in [0.2, 0.25) is 5.15 Å². The van der Waals surface area contributed by atoms with Crippen LogP contribution >= 0.6 is 11.6 Å². The van der Waals surface area contributed by atoms with E-state index in [-0.39, 0.29) is 0 Å². The molecule has 1 heterocycles. The first-order valence-electron chi connectivity index (χ1n) is 7.09. The Labute approximate surface area is 131 Å². The van der Waals surface area contributed by atoms with E-state index in [2.05, 4.69) is 51.7 Å². The molecular weight excluding hydrogens is 284 g/mol. The number of anilines is 2. The van der Waals surface area contributed by atoms with E-state index in [4.69, 9.17) is 11.6 Å². The lowest BCUT2D eigenvalue weighted by Crippen LogP contribution is -2.21. The summed E-state index contributed by atoms with van der Waals surface area (Å²) in [5.74, 6) is 0.819. The minimum absolute atomic E-state index is 0.474. The Bertz CT molecular complexity index is 586. The number of benzene rings is 1. The first-order valence-corrected chi connectivity index (χ1v) is 7.47. The van der Waals surface area contributed by atoms with Crippen LogP contribution in [-0.2, 0) is 0 Å². The zero-order chi connectivity index (χ0) is 15.2. The van der Waals surface area contributed by atoms with Crippen LogP contribution in [0, 0.1) is 13.8 Å². The first-order chi connectivity index (χ1) is 10.1. The fraction of sp³-hybridized carbons (Fsp3) is 0.375. The maximum atomic E-state index is 5.95. The molecule has 112 valence electrons. The van der Waals surface area contributed by atoms with Gasteiger partial charge in [-0.15, -0.1) is 10.2 Å². The van der Waals surface area contributed by atoms with Gasteiger partial charge in [0.1, 0.15) is 0 Å². The fourth-order valence-electron chi connectivity index (χ4n) is 2.08. The monoisotopic (exact) mass is 304 g/mol. The summed E-state index contributed by atoms with van der Waals surface area (Å²) < 4.78 is 0. The van der Waals surface area contributed by atoms with Crippen molar-refractivity contribution in [2.75, 3.05) is 30.4 Å². The summed E-state index contributed by atoms with van der Waals surface area (Å²) >= 11 is 5.95. The van der Waals surface area contributed by atoms with E-state index in [0.717, 1.165) is 36.5 Å². The number of nitrogens with zero attached hydrogens (tertiary/aromatic N) is 3. The van der Waals surface area contributed by atoms with Gasteiger partial charge >= 0.3 is 0 Å². The molecule has 1 N–H and O–H groups in total. The van der Waals surface area contributed by atoms with E-state index in [1.165, 1.54) is 5.69 Å². The summed E-state index contributed by atoms with van der Waals surface area (Å²) in [5.41, 5.74) is 3.28. The van der Waals surface area contributed by atoms with Crippen molar-refractivity contribution in [1.82, 2.24) is 10.2 Å². The van der Waals surface area contributed by atoms with Crippen LogP contribution in [0.25, 0.3) is 0 Å². The lowest BCUT2D eigenvalue weighted by molar-refractivity contribution is 0.810. The molecule has 4 nitrogen and oxygen atoms in total. The molecule has 2 aromatic rings. The van der Waals surface area contributed by atoms with Crippen molar-refractivity contribution in [1.29, 1.82) is 0 Å². The zero-order valence-electron chi connectivity index (χ0n) is 12.7. The van der Waals surface area contributed by atoms with Crippen LogP contribution in [0.4, 0.5) is 11.5 Å². The lowest BCUT2D eigenvalue weighted by atomic mass is 10.2. The average molecular weight is 305 g/mol. The fourth-order valence-corrected chi connectivity index (χ4v) is 2.26. The Balaban J connectivity index is 1.81. The number of hydrogen-bond acceptors (Lipinski definition) is 4. The molecule has 0 fully saturated rings. The highest BCUT2D eigenvalue weighted by molar-refractivity contribution is 6.30. The van der Waals surface area contributed by atoms with Gasteiger partial charge in [0.05, 0.1) is 0 Å². The van der Waals surface area contributed by atoms with Crippen LogP contribution in [0.3, 0.4) is 0 Å². The molecule has 1 aromatic heterocycles. The Morgan fingerprint density at radius 2 is 1.81 bits per heavy atom. The van der Waals surface area contributed by atoms with Gasteiger partial charge in [-0.2, -0.15) is 0 Å². The van der Waals surface area contributed by atoms with E-state index in [1.807, 2.05) is 19.9 Å². The summed E-state index contributed by atoms with van der Waals surface area (Å²) in [5, 5.41) is 11.9. The van der Waals surface area contributed by atoms with Gasteiger partial charge in [-0.3, -0.25) is 0 Å². The molecule has 5 heteroatoms. The second-order valence-corrected chi connectivity index (χ2v) is 5.48. The predicted molar refractivity (Wildman–Crippen MR) is 89.3 cm³/mol. The smallest absolute Gasteiger partial charge is 0.155 e. The van der Waals surface area contributed by atoms with Gasteiger partial charge in [0.25, 0.3) is 0 Å². The summed E-state index contributed by atoms with van der Waals surface area (Å²) in [6, 6.07) is 10.4. The molecule has 0 radical (unpaired) electrons. The number of para-hydroxylation sites is 1. The van der Waals surface area contributed by atoms with Crippen LogP contribution in [-0.4, -0.2) is 30.3 Å². The first kappa shape index (κ1) is 15.6. The molecule has 0 aliphatic heterocycles. The molecular formula is C16H21ClN4. The Kier molecular flexibility index (Phi) is 5.39. The molecule has 0 aliphatic rings. The number of nitrogens with one attached hydrogen (secondary N) is 1. The molecule has 0 aliphatic carbocycles. The predicted octanol–water partition coefficient (Wildman–Crippen LogP) is 3.69. The molecule has 1 aromatic carbocycles. The SMILES string of the molecule is Cc1c(Cl)nnc(NCCCN(C)c2ccccc2)c1C. The maximum absolute atomic E-state index is 5.95. The summed E-state index contributed by atoms with van der Waals surface area (Å²) in [4.78, 5) is 2.24. The molecule has 2 rings (SSSR count). The minimum Gasteiger partial charge on any atom is -0.375 e. The summed E-state index contributed by atoms with van der Waals surface area (Å²) in [6.07, 6.45) is 1.02. The molecule has 0 atom stereocenters. The van der Waals surface area contributed by atoms with Crippen molar-refractivity contribution >= 4 is 23.1 Å². The van der Waals surface area contributed by atoms with E-state index in [0.29, 0.717) is 5.15 Å². The van der Waals surface area contributed by atoms with Crippen LogP contribution in [0.15, 0.2) is 30.3 Å². The number of halogens is 1. The van der Waals surface area contributed by atoms with Crippen LogP contribution < -0.4 is 10.2 Å². The largest absolute Gasteiger partial charge is 0.375 e. The molecule has 0 saturated carbocycles. The molecule has 0 unspecified atom stereocenters. The van der Waals surface area contributed by atoms with E-state index in [1.54, 1.807) is 0 Å². The van der Waals surface area contributed by atoms with Crippen molar-refractivity contribution in [2.45, 2.75) is 20.3 Å². The Morgan fingerprint density at radius 3 is 2.52 bits per heavy atom. The van der Waals surface area contributed by atoms with Gasteiger partial charge in [0.2, 0.25) is 0 Å². The standard InChI is InChI=1S/C16H21ClN4/c1-12-13(2)16(20-19-15(12)17)18-10-7-11-21(3)14-8-5-4-6-9-14/h4-6,8-9H,7,10-11H2,1-3H3,(H,18,20). The molecule has 0 spiro atoms. The average Bonchev–Trinajstić information content (AvgIpc) is 2.51. The topological polar surface area (TPSA) is 41.1 Å². The second kappa shape index (κ2) is 7.27. The van der Waals surface area contributed by atoms with Crippen molar-refractivity contribution in [3.05, 3.63) is 46.6 Å². The Hall–Kier alpha value is -1.81. The summed E-state index contributed by atoms with van der Waals surface area (Å²) in [7, 11) is 2.10. The molecule has 0 amide bonds.